The number of nitrogens with one attached hydrogen (secondary N) is 1. The van der Waals surface area contributed by atoms with Crippen molar-refractivity contribution < 1.29 is 22.8 Å². The molecular formula is C10H15F3N2O2. The average Bonchev–Trinajstić information content (AvgIpc) is 2.21. The van der Waals surface area contributed by atoms with E-state index >= 15 is 0 Å². The van der Waals surface area contributed by atoms with E-state index in [4.69, 9.17) is 0 Å². The van der Waals surface area contributed by atoms with Crippen molar-refractivity contribution in [3.63, 3.8) is 0 Å². The Morgan fingerprint density at radius 2 is 1.82 bits per heavy atom. The second kappa shape index (κ2) is 4.93. The summed E-state index contributed by atoms with van der Waals surface area (Å²) in [5.74, 6) is -1.17. The standard InChI is InChI=1S/C10H15F3N2O2/c1-3-6-9(17)15(5-10(11,12)13)7(4-2)8(16)14-6/h6-7H,3-5H2,1-2H3,(H,14,16). The summed E-state index contributed by atoms with van der Waals surface area (Å²) in [5, 5.41) is 2.44. The number of nitrogens with zero attached hydrogens (tertiary/aromatic N) is 1. The zero-order valence-corrected chi connectivity index (χ0v) is 9.67. The Hall–Kier alpha value is -1.27. The molecule has 1 N–H and O–H groups in total. The molecule has 1 fully saturated rings. The van der Waals surface area contributed by atoms with Crippen molar-refractivity contribution in [3.05, 3.63) is 0 Å². The van der Waals surface area contributed by atoms with Crippen molar-refractivity contribution in [2.24, 2.45) is 0 Å². The maximum atomic E-state index is 12.4. The quantitative estimate of drug-likeness (QED) is 0.816. The minimum atomic E-state index is -4.49. The molecule has 7 heteroatoms. The fraction of sp³-hybridized carbons (Fsp3) is 0.800. The molecule has 0 spiro atoms. The Morgan fingerprint density at radius 3 is 2.24 bits per heavy atom. The van der Waals surface area contributed by atoms with Crippen LogP contribution >= 0.6 is 0 Å². The molecule has 2 atom stereocenters. The third kappa shape index (κ3) is 3.10. The Balaban J connectivity index is 2.92. The van der Waals surface area contributed by atoms with E-state index < -0.39 is 36.6 Å². The van der Waals surface area contributed by atoms with Gasteiger partial charge in [0, 0.05) is 0 Å². The molecule has 1 aliphatic rings. The average molecular weight is 252 g/mol. The van der Waals surface area contributed by atoms with Crippen LogP contribution in [0.4, 0.5) is 13.2 Å². The summed E-state index contributed by atoms with van der Waals surface area (Å²) in [7, 11) is 0. The van der Waals surface area contributed by atoms with Crippen LogP contribution in [0.15, 0.2) is 0 Å². The molecule has 0 aliphatic carbocycles. The number of alkyl halides is 3. The van der Waals surface area contributed by atoms with Crippen LogP contribution in [0.2, 0.25) is 0 Å². The van der Waals surface area contributed by atoms with Crippen LogP contribution in [-0.2, 0) is 9.59 Å². The van der Waals surface area contributed by atoms with E-state index in [-0.39, 0.29) is 12.8 Å². The molecule has 1 saturated heterocycles. The predicted molar refractivity (Wildman–Crippen MR) is 54.1 cm³/mol. The van der Waals surface area contributed by atoms with Crippen LogP contribution in [0.1, 0.15) is 26.7 Å². The monoisotopic (exact) mass is 252 g/mol. The van der Waals surface area contributed by atoms with Gasteiger partial charge in [-0.2, -0.15) is 13.2 Å². The van der Waals surface area contributed by atoms with E-state index in [1.54, 1.807) is 13.8 Å². The lowest BCUT2D eigenvalue weighted by atomic mass is 10.0. The molecule has 1 rings (SSSR count). The minimum absolute atomic E-state index is 0.171. The van der Waals surface area contributed by atoms with Crippen molar-refractivity contribution in [1.82, 2.24) is 10.2 Å². The van der Waals surface area contributed by atoms with Gasteiger partial charge in [-0.1, -0.05) is 13.8 Å². The fourth-order valence-corrected chi connectivity index (χ4v) is 1.89. The van der Waals surface area contributed by atoms with Gasteiger partial charge in [0.05, 0.1) is 0 Å². The minimum Gasteiger partial charge on any atom is -0.343 e. The zero-order chi connectivity index (χ0) is 13.2. The van der Waals surface area contributed by atoms with Gasteiger partial charge in [-0.3, -0.25) is 9.59 Å². The third-order valence-corrected chi connectivity index (χ3v) is 2.72. The molecule has 1 aliphatic heterocycles. The fourth-order valence-electron chi connectivity index (χ4n) is 1.89. The molecule has 0 bridgehead atoms. The molecule has 0 aromatic carbocycles. The van der Waals surface area contributed by atoms with Crippen molar-refractivity contribution in [2.45, 2.75) is 44.9 Å². The second-order valence-electron chi connectivity index (χ2n) is 3.97. The summed E-state index contributed by atoms with van der Waals surface area (Å²) in [4.78, 5) is 24.0. The number of rotatable bonds is 3. The van der Waals surface area contributed by atoms with Crippen molar-refractivity contribution in [3.8, 4) is 0 Å². The number of piperazine rings is 1. The highest BCUT2D eigenvalue weighted by molar-refractivity contribution is 5.96. The van der Waals surface area contributed by atoms with E-state index in [0.717, 1.165) is 0 Å². The van der Waals surface area contributed by atoms with E-state index in [9.17, 15) is 22.8 Å². The van der Waals surface area contributed by atoms with Crippen molar-refractivity contribution in [1.29, 1.82) is 0 Å². The Kier molecular flexibility index (Phi) is 4.00. The highest BCUT2D eigenvalue weighted by atomic mass is 19.4. The highest BCUT2D eigenvalue weighted by Gasteiger charge is 2.44. The first-order chi connectivity index (χ1) is 7.80. The maximum absolute atomic E-state index is 12.4. The molecule has 0 aromatic rings. The molecule has 4 nitrogen and oxygen atoms in total. The third-order valence-electron chi connectivity index (χ3n) is 2.72. The number of hydrogen-bond donors (Lipinski definition) is 1. The van der Waals surface area contributed by atoms with Gasteiger partial charge in [0.1, 0.15) is 18.6 Å². The van der Waals surface area contributed by atoms with Crippen LogP contribution in [0, 0.1) is 0 Å². The van der Waals surface area contributed by atoms with E-state index in [1.807, 2.05) is 0 Å². The van der Waals surface area contributed by atoms with Gasteiger partial charge in [-0.25, -0.2) is 0 Å². The number of amides is 2. The summed E-state index contributed by atoms with van der Waals surface area (Å²) >= 11 is 0. The summed E-state index contributed by atoms with van der Waals surface area (Å²) in [6.07, 6.45) is -4.03. The smallest absolute Gasteiger partial charge is 0.343 e. The number of halogens is 3. The van der Waals surface area contributed by atoms with E-state index in [0.29, 0.717) is 4.90 Å². The number of hydrogen-bond acceptors (Lipinski definition) is 2. The van der Waals surface area contributed by atoms with Crippen molar-refractivity contribution in [2.75, 3.05) is 6.54 Å². The zero-order valence-electron chi connectivity index (χ0n) is 9.67. The lowest BCUT2D eigenvalue weighted by molar-refractivity contribution is -0.174. The first-order valence-electron chi connectivity index (χ1n) is 5.47. The molecular weight excluding hydrogens is 237 g/mol. The summed E-state index contributed by atoms with van der Waals surface area (Å²) in [5.41, 5.74) is 0. The van der Waals surface area contributed by atoms with Gasteiger partial charge in [0.2, 0.25) is 11.8 Å². The molecule has 0 radical (unpaired) electrons. The van der Waals surface area contributed by atoms with Crippen LogP contribution in [0.5, 0.6) is 0 Å². The molecule has 0 aromatic heterocycles. The van der Waals surface area contributed by atoms with Gasteiger partial charge in [-0.05, 0) is 12.8 Å². The normalized spacial score (nSPS) is 26.1. The first kappa shape index (κ1) is 13.8. The Bertz CT molecular complexity index is 317. The van der Waals surface area contributed by atoms with Crippen LogP contribution < -0.4 is 5.32 Å². The van der Waals surface area contributed by atoms with Gasteiger partial charge in [0.15, 0.2) is 0 Å². The summed E-state index contributed by atoms with van der Waals surface area (Å²) in [6.45, 7) is 1.85. The second-order valence-corrected chi connectivity index (χ2v) is 3.97. The largest absolute Gasteiger partial charge is 0.406 e. The number of carbonyl (C=O) groups excluding carboxylic acids is 2. The van der Waals surface area contributed by atoms with Crippen LogP contribution in [0.3, 0.4) is 0 Å². The Morgan fingerprint density at radius 1 is 1.24 bits per heavy atom. The summed E-state index contributed by atoms with van der Waals surface area (Å²) in [6, 6.07) is -1.86. The Labute approximate surface area is 97.1 Å². The predicted octanol–water partition coefficient (Wildman–Crippen LogP) is 1.06. The number of carbonyl (C=O) groups is 2. The van der Waals surface area contributed by atoms with Gasteiger partial charge in [0.25, 0.3) is 0 Å². The maximum Gasteiger partial charge on any atom is 0.406 e. The SMILES string of the molecule is CCC1NC(=O)C(CC)N(CC(F)(F)F)C1=O. The molecule has 0 saturated carbocycles. The van der Waals surface area contributed by atoms with Gasteiger partial charge >= 0.3 is 6.18 Å². The van der Waals surface area contributed by atoms with Gasteiger partial charge in [-0.15, -0.1) is 0 Å². The van der Waals surface area contributed by atoms with Crippen molar-refractivity contribution >= 4 is 11.8 Å². The molecule has 98 valence electrons. The lowest BCUT2D eigenvalue weighted by Crippen LogP contribution is -2.64. The van der Waals surface area contributed by atoms with Crippen LogP contribution in [0.25, 0.3) is 0 Å². The summed E-state index contributed by atoms with van der Waals surface area (Å²) < 4.78 is 37.1. The topological polar surface area (TPSA) is 49.4 Å². The lowest BCUT2D eigenvalue weighted by Gasteiger charge is -2.38. The van der Waals surface area contributed by atoms with E-state index in [1.165, 1.54) is 0 Å². The molecule has 17 heavy (non-hydrogen) atoms. The van der Waals surface area contributed by atoms with E-state index in [2.05, 4.69) is 5.32 Å². The van der Waals surface area contributed by atoms with Gasteiger partial charge < -0.3 is 10.2 Å². The first-order valence-corrected chi connectivity index (χ1v) is 5.47. The molecule has 1 heterocycles. The highest BCUT2D eigenvalue weighted by Crippen LogP contribution is 2.22. The van der Waals surface area contributed by atoms with Crippen LogP contribution in [-0.4, -0.2) is 41.5 Å². The molecule has 2 amide bonds. The molecule has 2 unspecified atom stereocenters.